The Morgan fingerprint density at radius 2 is 2.06 bits per heavy atom. The molecule has 0 aliphatic carbocycles. The van der Waals surface area contributed by atoms with Crippen LogP contribution in [0.15, 0.2) is 36.9 Å². The normalized spacial score (nSPS) is 19.0. The predicted molar refractivity (Wildman–Crippen MR) is 117 cm³/mol. The van der Waals surface area contributed by atoms with Crippen LogP contribution >= 0.6 is 0 Å². The number of aromatic nitrogens is 5. The molecule has 2 atom stereocenters. The van der Waals surface area contributed by atoms with Gasteiger partial charge in [0.15, 0.2) is 5.65 Å². The Morgan fingerprint density at radius 1 is 1.23 bits per heavy atom. The molecule has 31 heavy (non-hydrogen) atoms. The van der Waals surface area contributed by atoms with Gasteiger partial charge in [-0.05, 0) is 43.5 Å². The molecule has 0 radical (unpaired) electrons. The summed E-state index contributed by atoms with van der Waals surface area (Å²) < 4.78 is 1.92. The summed E-state index contributed by atoms with van der Waals surface area (Å²) in [4.78, 5) is 31.1. The number of benzene rings is 1. The number of aliphatic hydroxyl groups excluding tert-OH is 1. The second kappa shape index (κ2) is 7.77. The first-order chi connectivity index (χ1) is 15.0. The number of amides is 1. The van der Waals surface area contributed by atoms with Crippen molar-refractivity contribution in [3.63, 3.8) is 0 Å². The fourth-order valence-electron chi connectivity index (χ4n) is 4.32. The number of nitrogens with one attached hydrogen (secondary N) is 1. The van der Waals surface area contributed by atoms with Crippen molar-refractivity contribution in [2.75, 3.05) is 13.1 Å². The molecule has 1 saturated heterocycles. The largest absolute Gasteiger partial charge is 0.391 e. The molecule has 160 valence electrons. The number of carbonyl (C=O) groups excluding carboxylic acids is 1. The Morgan fingerprint density at radius 3 is 2.94 bits per heavy atom. The molecule has 0 spiro atoms. The van der Waals surface area contributed by atoms with Crippen LogP contribution in [-0.4, -0.2) is 59.4 Å². The van der Waals surface area contributed by atoms with Crippen molar-refractivity contribution in [3.05, 3.63) is 59.6 Å². The molecule has 5 rings (SSSR count). The van der Waals surface area contributed by atoms with E-state index in [1.807, 2.05) is 16.8 Å². The molecule has 2 N–H and O–H groups in total. The van der Waals surface area contributed by atoms with Crippen LogP contribution in [0.3, 0.4) is 0 Å². The molecule has 1 aromatic carbocycles. The van der Waals surface area contributed by atoms with Gasteiger partial charge in [-0.2, -0.15) is 0 Å². The minimum atomic E-state index is -0.540. The van der Waals surface area contributed by atoms with E-state index in [0.29, 0.717) is 32.4 Å². The molecule has 0 unspecified atom stereocenters. The SMILES string of the molecule is Cc1cc2nc(CCC(=O)N3C[C@H](Cc4cn5ccnc5cn4)[C@H](O)C3)[nH]c2cc1C. The molecule has 1 amide bonds. The van der Waals surface area contributed by atoms with Crippen LogP contribution in [0.5, 0.6) is 0 Å². The van der Waals surface area contributed by atoms with E-state index in [1.165, 1.54) is 11.1 Å². The molecule has 4 heterocycles. The number of likely N-dealkylation sites (tertiary alicyclic amines) is 1. The van der Waals surface area contributed by atoms with E-state index in [9.17, 15) is 9.90 Å². The van der Waals surface area contributed by atoms with Crippen molar-refractivity contribution in [1.82, 2.24) is 29.2 Å². The van der Waals surface area contributed by atoms with Crippen molar-refractivity contribution in [3.8, 4) is 0 Å². The lowest BCUT2D eigenvalue weighted by molar-refractivity contribution is -0.130. The highest BCUT2D eigenvalue weighted by Crippen LogP contribution is 2.23. The number of aryl methyl sites for hydroxylation is 3. The second-order valence-electron chi connectivity index (χ2n) is 8.54. The lowest BCUT2D eigenvalue weighted by Crippen LogP contribution is -2.29. The number of fused-ring (bicyclic) bond motifs is 2. The van der Waals surface area contributed by atoms with Gasteiger partial charge in [-0.25, -0.2) is 9.97 Å². The zero-order chi connectivity index (χ0) is 21.5. The molecule has 0 bridgehead atoms. The summed E-state index contributed by atoms with van der Waals surface area (Å²) in [6.45, 7) is 5.07. The maximum Gasteiger partial charge on any atom is 0.223 e. The molecular formula is C23H26N6O2. The maximum absolute atomic E-state index is 12.8. The van der Waals surface area contributed by atoms with Gasteiger partial charge in [0.1, 0.15) is 5.82 Å². The van der Waals surface area contributed by atoms with Crippen molar-refractivity contribution >= 4 is 22.6 Å². The van der Waals surface area contributed by atoms with Crippen LogP contribution in [0.4, 0.5) is 0 Å². The summed E-state index contributed by atoms with van der Waals surface area (Å²) >= 11 is 0. The van der Waals surface area contributed by atoms with Gasteiger partial charge in [-0.1, -0.05) is 0 Å². The van der Waals surface area contributed by atoms with Gasteiger partial charge in [0.05, 0.1) is 29.0 Å². The lowest BCUT2D eigenvalue weighted by Gasteiger charge is -2.15. The van der Waals surface area contributed by atoms with Crippen LogP contribution in [0, 0.1) is 19.8 Å². The number of aliphatic hydroxyl groups is 1. The average Bonchev–Trinajstić information content (AvgIpc) is 3.45. The quantitative estimate of drug-likeness (QED) is 0.518. The summed E-state index contributed by atoms with van der Waals surface area (Å²) in [6, 6.07) is 4.17. The van der Waals surface area contributed by atoms with E-state index < -0.39 is 6.10 Å². The summed E-state index contributed by atoms with van der Waals surface area (Å²) in [7, 11) is 0. The number of β-amino-alcohol motifs (C(OH)–C–C–N with tert-alkyl or cyclic N) is 1. The van der Waals surface area contributed by atoms with Crippen molar-refractivity contribution in [2.24, 2.45) is 5.92 Å². The van der Waals surface area contributed by atoms with Crippen LogP contribution in [0.2, 0.25) is 0 Å². The fraction of sp³-hybridized carbons (Fsp3) is 0.391. The zero-order valence-corrected chi connectivity index (χ0v) is 17.7. The van der Waals surface area contributed by atoms with Gasteiger partial charge in [0.2, 0.25) is 5.91 Å². The van der Waals surface area contributed by atoms with Gasteiger partial charge in [-0.3, -0.25) is 9.78 Å². The number of carbonyl (C=O) groups is 1. The number of rotatable bonds is 5. The van der Waals surface area contributed by atoms with Crippen LogP contribution < -0.4 is 0 Å². The number of imidazole rings is 2. The molecule has 1 fully saturated rings. The first kappa shape index (κ1) is 19.7. The van der Waals surface area contributed by atoms with Gasteiger partial charge in [0, 0.05) is 50.4 Å². The molecule has 4 aromatic rings. The molecule has 8 nitrogen and oxygen atoms in total. The van der Waals surface area contributed by atoms with Crippen molar-refractivity contribution in [1.29, 1.82) is 0 Å². The molecular weight excluding hydrogens is 392 g/mol. The van der Waals surface area contributed by atoms with Crippen LogP contribution in [0.25, 0.3) is 16.7 Å². The minimum Gasteiger partial charge on any atom is -0.391 e. The van der Waals surface area contributed by atoms with E-state index in [1.54, 1.807) is 17.3 Å². The third-order valence-corrected chi connectivity index (χ3v) is 6.29. The van der Waals surface area contributed by atoms with Crippen molar-refractivity contribution in [2.45, 2.75) is 39.2 Å². The van der Waals surface area contributed by atoms with E-state index in [2.05, 4.69) is 45.9 Å². The van der Waals surface area contributed by atoms with Crippen LogP contribution in [-0.2, 0) is 17.6 Å². The topological polar surface area (TPSA) is 99.4 Å². The minimum absolute atomic E-state index is 0.0189. The molecule has 0 saturated carbocycles. The maximum atomic E-state index is 12.8. The Bertz CT molecular complexity index is 1220. The Kier molecular flexibility index (Phi) is 4.94. The van der Waals surface area contributed by atoms with E-state index >= 15 is 0 Å². The Labute approximate surface area is 180 Å². The third kappa shape index (κ3) is 3.90. The van der Waals surface area contributed by atoms with Crippen molar-refractivity contribution < 1.29 is 9.90 Å². The molecule has 1 aliphatic rings. The number of hydrogen-bond donors (Lipinski definition) is 2. The number of aromatic amines is 1. The third-order valence-electron chi connectivity index (χ3n) is 6.29. The van der Waals surface area contributed by atoms with E-state index in [-0.39, 0.29) is 11.8 Å². The fourth-order valence-corrected chi connectivity index (χ4v) is 4.32. The zero-order valence-electron chi connectivity index (χ0n) is 17.7. The number of hydrogen-bond acceptors (Lipinski definition) is 5. The Balaban J connectivity index is 1.20. The first-order valence-corrected chi connectivity index (χ1v) is 10.7. The first-order valence-electron chi connectivity index (χ1n) is 10.7. The molecule has 8 heteroatoms. The summed E-state index contributed by atoms with van der Waals surface area (Å²) in [5.41, 5.74) is 6.05. The monoisotopic (exact) mass is 418 g/mol. The highest BCUT2D eigenvalue weighted by atomic mass is 16.3. The molecule has 1 aliphatic heterocycles. The van der Waals surface area contributed by atoms with Gasteiger partial charge in [0.25, 0.3) is 0 Å². The van der Waals surface area contributed by atoms with Gasteiger partial charge in [-0.15, -0.1) is 0 Å². The van der Waals surface area contributed by atoms with Gasteiger partial charge < -0.3 is 19.4 Å². The smallest absolute Gasteiger partial charge is 0.223 e. The van der Waals surface area contributed by atoms with E-state index in [0.717, 1.165) is 28.2 Å². The highest BCUT2D eigenvalue weighted by Gasteiger charge is 2.34. The number of H-pyrrole nitrogens is 1. The standard InChI is InChI=1S/C23H26N6O2/c1-14-7-18-19(8-15(14)2)27-21(26-18)3-4-23(31)29-11-16(20(30)13-29)9-17-12-28-6-5-24-22(28)10-25-17/h5-8,10,12,16,20,30H,3-4,9,11,13H2,1-2H3,(H,26,27)/t16-,20+/m0/s1. The molecule has 3 aromatic heterocycles. The Hall–Kier alpha value is -3.26. The predicted octanol–water partition coefficient (Wildman–Crippen LogP) is 2.22. The number of nitrogens with zero attached hydrogens (tertiary/aromatic N) is 5. The summed E-state index contributed by atoms with van der Waals surface area (Å²) in [6.07, 6.45) is 8.29. The van der Waals surface area contributed by atoms with Gasteiger partial charge >= 0.3 is 0 Å². The average molecular weight is 419 g/mol. The lowest BCUT2D eigenvalue weighted by atomic mass is 10.0. The second-order valence-corrected chi connectivity index (χ2v) is 8.54. The van der Waals surface area contributed by atoms with E-state index in [4.69, 9.17) is 0 Å². The van der Waals surface area contributed by atoms with Crippen LogP contribution in [0.1, 0.15) is 29.1 Å². The summed E-state index contributed by atoms with van der Waals surface area (Å²) in [5, 5.41) is 10.5. The summed E-state index contributed by atoms with van der Waals surface area (Å²) in [5.74, 6) is 0.851. The highest BCUT2D eigenvalue weighted by molar-refractivity contribution is 5.78.